The summed E-state index contributed by atoms with van der Waals surface area (Å²) in [5, 5.41) is 7.13. The molecule has 1 radical (unpaired) electrons. The molecular formula is C45H33IrN3O-2. The summed E-state index contributed by atoms with van der Waals surface area (Å²) in [6.07, 6.45) is 4.81. The molecule has 0 amide bonds. The van der Waals surface area contributed by atoms with Crippen molar-refractivity contribution in [2.45, 2.75) is 27.2 Å². The Morgan fingerprint density at radius 3 is 2.30 bits per heavy atom. The first-order valence-corrected chi connectivity index (χ1v) is 16.8. The van der Waals surface area contributed by atoms with E-state index in [1.54, 1.807) is 6.20 Å². The molecular weight excluding hydrogens is 791 g/mol. The van der Waals surface area contributed by atoms with Crippen molar-refractivity contribution in [3.05, 3.63) is 151 Å². The quantitative estimate of drug-likeness (QED) is 0.166. The van der Waals surface area contributed by atoms with E-state index in [9.17, 15) is 0 Å². The van der Waals surface area contributed by atoms with Gasteiger partial charge in [0.25, 0.3) is 0 Å². The molecule has 0 atom stereocenters. The van der Waals surface area contributed by atoms with E-state index >= 15 is 0 Å². The van der Waals surface area contributed by atoms with Gasteiger partial charge in [0.15, 0.2) is 0 Å². The molecule has 245 valence electrons. The molecule has 10 aromatic rings. The zero-order valence-corrected chi connectivity index (χ0v) is 30.4. The number of para-hydroxylation sites is 3. The van der Waals surface area contributed by atoms with E-state index in [2.05, 4.69) is 109 Å². The van der Waals surface area contributed by atoms with Crippen molar-refractivity contribution in [1.29, 1.82) is 0 Å². The molecule has 0 aliphatic rings. The van der Waals surface area contributed by atoms with Crippen molar-refractivity contribution >= 4 is 60.0 Å². The van der Waals surface area contributed by atoms with Crippen LogP contribution < -0.4 is 0 Å². The fourth-order valence-electron chi connectivity index (χ4n) is 7.31. The first-order valence-electron chi connectivity index (χ1n) is 16.8. The standard InChI is InChI=1S/C34H25N2O.C11H8N.Ir/c1-19(2)15-21-16-28(35-18-20(21)3)27-17-26-24-12-8-11-23-22-9-4-6-13-29(22)36(32(23)24)33(26)31-25-10-5-7-14-30(25)37-34(27)31;1-2-6-10(7-3-1)11-8-4-5-9-12-11;/h4-14,16,18-19H,15H2,1-3H3;1-6,8-9H;/q2*-1;. The Kier molecular flexibility index (Phi) is 8.19. The molecule has 0 saturated heterocycles. The summed E-state index contributed by atoms with van der Waals surface area (Å²) in [5.74, 6) is 0.570. The molecule has 0 saturated carbocycles. The SMILES string of the molecule is Cc1cnc(-c2[c-]c3c4cccc5c6ccccc6n(c45)c3c3c2oc2ccccc23)cc1CC(C)C.[Ir].[c-]1ccccc1-c1ccccn1. The number of rotatable bonds is 4. The number of pyridine rings is 2. The molecule has 0 N–H and O–H groups in total. The number of nitrogens with zero attached hydrogens (tertiary/aromatic N) is 3. The van der Waals surface area contributed by atoms with Gasteiger partial charge < -0.3 is 13.8 Å². The minimum absolute atomic E-state index is 0. The minimum Gasteiger partial charge on any atom is -0.491 e. The van der Waals surface area contributed by atoms with E-state index in [-0.39, 0.29) is 20.1 Å². The average Bonchev–Trinajstić information content (AvgIpc) is 3.80. The number of aromatic nitrogens is 3. The maximum Gasteiger partial charge on any atom is 0.123 e. The van der Waals surface area contributed by atoms with E-state index in [0.29, 0.717) is 5.92 Å². The number of benzene rings is 5. The number of fused-ring (bicyclic) bond motifs is 10. The van der Waals surface area contributed by atoms with Crippen molar-refractivity contribution in [3.8, 4) is 22.5 Å². The van der Waals surface area contributed by atoms with Crippen LogP contribution in [-0.4, -0.2) is 14.4 Å². The van der Waals surface area contributed by atoms with Crippen LogP contribution in [0, 0.1) is 25.0 Å². The molecule has 0 unspecified atom stereocenters. The number of hydrogen-bond donors (Lipinski definition) is 0. The van der Waals surface area contributed by atoms with Crippen molar-refractivity contribution in [3.63, 3.8) is 0 Å². The van der Waals surface area contributed by atoms with Gasteiger partial charge in [0, 0.05) is 65.4 Å². The summed E-state index contributed by atoms with van der Waals surface area (Å²) >= 11 is 0. The maximum atomic E-state index is 6.61. The summed E-state index contributed by atoms with van der Waals surface area (Å²) in [6, 6.07) is 46.6. The summed E-state index contributed by atoms with van der Waals surface area (Å²) < 4.78 is 9.04. The van der Waals surface area contributed by atoms with Crippen LogP contribution >= 0.6 is 0 Å². The fourth-order valence-corrected chi connectivity index (χ4v) is 7.31. The van der Waals surface area contributed by atoms with Crippen molar-refractivity contribution < 1.29 is 24.5 Å². The predicted octanol–water partition coefficient (Wildman–Crippen LogP) is 11.7. The first kappa shape index (κ1) is 31.9. The van der Waals surface area contributed by atoms with Crippen molar-refractivity contribution in [1.82, 2.24) is 14.4 Å². The molecule has 0 bridgehead atoms. The molecule has 0 fully saturated rings. The second-order valence-electron chi connectivity index (χ2n) is 13.2. The number of hydrogen-bond acceptors (Lipinski definition) is 3. The molecule has 5 heteroatoms. The Balaban J connectivity index is 0.000000236. The molecule has 50 heavy (non-hydrogen) atoms. The maximum absolute atomic E-state index is 6.61. The van der Waals surface area contributed by atoms with E-state index in [4.69, 9.17) is 9.40 Å². The molecule has 0 aliphatic heterocycles. The summed E-state index contributed by atoms with van der Waals surface area (Å²) in [4.78, 5) is 9.12. The second kappa shape index (κ2) is 12.8. The van der Waals surface area contributed by atoms with Crippen molar-refractivity contribution in [2.24, 2.45) is 5.92 Å². The van der Waals surface area contributed by atoms with E-state index < -0.39 is 0 Å². The van der Waals surface area contributed by atoms with Gasteiger partial charge in [-0.3, -0.25) is 4.98 Å². The minimum atomic E-state index is 0. The van der Waals surface area contributed by atoms with Gasteiger partial charge in [-0.05, 0) is 65.2 Å². The first-order chi connectivity index (χ1) is 24.1. The Morgan fingerprint density at radius 2 is 1.50 bits per heavy atom. The summed E-state index contributed by atoms with van der Waals surface area (Å²) in [7, 11) is 0. The molecule has 0 spiro atoms. The fraction of sp³-hybridized carbons (Fsp3) is 0.111. The van der Waals surface area contributed by atoms with Gasteiger partial charge in [-0.15, -0.1) is 42.0 Å². The van der Waals surface area contributed by atoms with Crippen LogP contribution in [0.4, 0.5) is 0 Å². The zero-order chi connectivity index (χ0) is 33.1. The van der Waals surface area contributed by atoms with Crippen LogP contribution in [0.25, 0.3) is 82.5 Å². The van der Waals surface area contributed by atoms with Gasteiger partial charge in [0.2, 0.25) is 0 Å². The molecule has 4 nitrogen and oxygen atoms in total. The summed E-state index contributed by atoms with van der Waals surface area (Å²) in [6.45, 7) is 6.67. The molecule has 5 aromatic heterocycles. The summed E-state index contributed by atoms with van der Waals surface area (Å²) in [5.41, 5.74) is 11.8. The Labute approximate surface area is 304 Å². The van der Waals surface area contributed by atoms with Gasteiger partial charge in [-0.2, -0.15) is 0 Å². The third-order valence-electron chi connectivity index (χ3n) is 9.48. The Bertz CT molecular complexity index is 2740. The van der Waals surface area contributed by atoms with Crippen LogP contribution in [0.15, 0.2) is 132 Å². The van der Waals surface area contributed by atoms with Crippen LogP contribution in [0.1, 0.15) is 25.0 Å². The predicted molar refractivity (Wildman–Crippen MR) is 202 cm³/mol. The van der Waals surface area contributed by atoms with E-state index in [1.807, 2.05) is 54.7 Å². The van der Waals surface area contributed by atoms with Crippen LogP contribution in [0.3, 0.4) is 0 Å². The van der Waals surface area contributed by atoms with E-state index in [0.717, 1.165) is 61.8 Å². The van der Waals surface area contributed by atoms with Gasteiger partial charge in [-0.25, -0.2) is 0 Å². The topological polar surface area (TPSA) is 43.3 Å². The second-order valence-corrected chi connectivity index (χ2v) is 13.2. The molecule has 5 aromatic carbocycles. The van der Waals surface area contributed by atoms with Gasteiger partial charge in [-0.1, -0.05) is 103 Å². The van der Waals surface area contributed by atoms with Gasteiger partial charge >= 0.3 is 0 Å². The Hall–Kier alpha value is -5.35. The average molecular weight is 824 g/mol. The largest absolute Gasteiger partial charge is 0.491 e. The zero-order valence-electron chi connectivity index (χ0n) is 28.0. The normalized spacial score (nSPS) is 11.6. The van der Waals surface area contributed by atoms with Gasteiger partial charge in [0.05, 0.1) is 5.58 Å². The molecule has 0 aliphatic carbocycles. The van der Waals surface area contributed by atoms with Crippen LogP contribution in [-0.2, 0) is 26.5 Å². The monoisotopic (exact) mass is 824 g/mol. The smallest absolute Gasteiger partial charge is 0.123 e. The third kappa shape index (κ3) is 5.17. The van der Waals surface area contributed by atoms with Crippen LogP contribution in [0.5, 0.6) is 0 Å². The number of furan rings is 1. The van der Waals surface area contributed by atoms with Crippen molar-refractivity contribution in [2.75, 3.05) is 0 Å². The number of aryl methyl sites for hydroxylation is 1. The van der Waals surface area contributed by atoms with Gasteiger partial charge in [0.1, 0.15) is 5.58 Å². The molecule has 5 heterocycles. The van der Waals surface area contributed by atoms with Crippen LogP contribution in [0.2, 0.25) is 0 Å². The van der Waals surface area contributed by atoms with E-state index in [1.165, 1.54) is 38.3 Å². The third-order valence-corrected chi connectivity index (χ3v) is 9.48. The Morgan fingerprint density at radius 1 is 0.740 bits per heavy atom. The molecule has 10 rings (SSSR count).